The summed E-state index contributed by atoms with van der Waals surface area (Å²) < 4.78 is 4.50. The van der Waals surface area contributed by atoms with Crippen molar-refractivity contribution in [1.29, 1.82) is 0 Å². The van der Waals surface area contributed by atoms with E-state index in [0.29, 0.717) is 0 Å². The zero-order valence-corrected chi connectivity index (χ0v) is 6.65. The van der Waals surface area contributed by atoms with E-state index in [0.717, 1.165) is 0 Å². The number of hydrogen-bond acceptors (Lipinski definition) is 2. The first kappa shape index (κ1) is 5.03. The van der Waals surface area contributed by atoms with Crippen molar-refractivity contribution in [2.75, 3.05) is 14.1 Å². The molecule has 0 aromatic heterocycles. The van der Waals surface area contributed by atoms with Crippen molar-refractivity contribution in [1.82, 2.24) is 7.71 Å². The Morgan fingerprint density at radius 3 is 1.71 bits per heavy atom. The van der Waals surface area contributed by atoms with Crippen molar-refractivity contribution >= 4 is 15.9 Å². The van der Waals surface area contributed by atoms with E-state index in [9.17, 15) is 0 Å². The van der Waals surface area contributed by atoms with E-state index in [4.69, 9.17) is 0 Å². The molecule has 38 valence electrons. The third kappa shape index (κ3) is 1.12. The van der Waals surface area contributed by atoms with E-state index in [1.165, 1.54) is 0 Å². The molecule has 3 heteroatoms. The third-order valence-corrected chi connectivity index (χ3v) is 2.78. The van der Waals surface area contributed by atoms with Crippen LogP contribution in [0.3, 0.4) is 0 Å². The van der Waals surface area contributed by atoms with E-state index in [1.54, 1.807) is 0 Å². The van der Waals surface area contributed by atoms with Crippen LogP contribution >= 0.6 is 0 Å². The predicted octanol–water partition coefficient (Wildman–Crippen LogP) is -0.131. The summed E-state index contributed by atoms with van der Waals surface area (Å²) in [5.41, 5.74) is 0. The summed E-state index contributed by atoms with van der Waals surface area (Å²) in [4.78, 5) is 0. The molecule has 1 aliphatic rings. The Labute approximate surface area is 50.7 Å². The Hall–Kier alpha value is -0.117. The Balaban J connectivity index is 2.42. The summed E-state index contributed by atoms with van der Waals surface area (Å²) >= 11 is 0.0556. The molecule has 0 aromatic rings. The molecule has 0 aliphatic carbocycles. The van der Waals surface area contributed by atoms with Crippen molar-refractivity contribution < 1.29 is 0 Å². The number of hydrogen-bond donors (Lipinski definition) is 0. The molecule has 0 saturated heterocycles. The molecular weight excluding hydrogens is 149 g/mol. The van der Waals surface area contributed by atoms with Crippen LogP contribution in [-0.4, -0.2) is 37.7 Å². The fraction of sp³-hybridized carbons (Fsp3) is 0.500. The van der Waals surface area contributed by atoms with Gasteiger partial charge in [0.25, 0.3) is 0 Å². The van der Waals surface area contributed by atoms with Gasteiger partial charge in [-0.25, -0.2) is 0 Å². The molecule has 7 heavy (non-hydrogen) atoms. The van der Waals surface area contributed by atoms with E-state index < -0.39 is 0 Å². The van der Waals surface area contributed by atoms with Crippen LogP contribution < -0.4 is 0 Å². The monoisotopic (exact) mass is 158 g/mol. The molecule has 2 nitrogen and oxygen atoms in total. The molecule has 0 atom stereocenters. The third-order valence-electron chi connectivity index (χ3n) is 0.829. The normalized spacial score (nSPS) is 19.1. The Bertz CT molecular complexity index is 81.7. The molecule has 0 saturated carbocycles. The van der Waals surface area contributed by atoms with Crippen LogP contribution in [0.1, 0.15) is 0 Å². The molecule has 0 bridgehead atoms. The van der Waals surface area contributed by atoms with Crippen LogP contribution in [0.2, 0.25) is 0 Å². The second-order valence-corrected chi connectivity index (χ2v) is 5.00. The van der Waals surface area contributed by atoms with E-state index in [2.05, 4.69) is 34.2 Å². The Morgan fingerprint density at radius 2 is 1.57 bits per heavy atom. The Morgan fingerprint density at radius 1 is 1.14 bits per heavy atom. The van der Waals surface area contributed by atoms with Gasteiger partial charge in [0, 0.05) is 0 Å². The zero-order valence-electron chi connectivity index (χ0n) is 4.55. The van der Waals surface area contributed by atoms with Crippen LogP contribution in [0.4, 0.5) is 0 Å². The number of nitrogens with zero attached hydrogens (tertiary/aromatic N) is 2. The molecule has 0 unspecified atom stereocenters. The second-order valence-electron chi connectivity index (χ2n) is 1.62. The van der Waals surface area contributed by atoms with Crippen molar-refractivity contribution in [3.05, 3.63) is 12.4 Å². The summed E-state index contributed by atoms with van der Waals surface area (Å²) in [6, 6.07) is 0. The first-order chi connectivity index (χ1) is 3.29. The molecule has 0 fully saturated rings. The molecule has 1 rings (SSSR count). The molecule has 2 radical (unpaired) electrons. The van der Waals surface area contributed by atoms with Gasteiger partial charge in [-0.3, -0.25) is 0 Å². The van der Waals surface area contributed by atoms with Crippen LogP contribution in [0.5, 0.6) is 0 Å². The van der Waals surface area contributed by atoms with Gasteiger partial charge in [0.2, 0.25) is 0 Å². The summed E-state index contributed by atoms with van der Waals surface area (Å²) in [6.45, 7) is 0. The summed E-state index contributed by atoms with van der Waals surface area (Å²) in [5.74, 6) is 0. The predicted molar refractivity (Wildman–Crippen MR) is 30.4 cm³/mol. The minimum atomic E-state index is 0.0556. The molecular formula is C4H8GeN2. The first-order valence-electron chi connectivity index (χ1n) is 2.19. The topological polar surface area (TPSA) is 6.48 Å². The van der Waals surface area contributed by atoms with Crippen LogP contribution in [0.25, 0.3) is 0 Å². The Kier molecular flexibility index (Phi) is 1.28. The minimum absolute atomic E-state index is 0.0556. The van der Waals surface area contributed by atoms with Gasteiger partial charge >= 0.3 is 50.1 Å². The number of rotatable bonds is 0. The standard InChI is InChI=1S/C4H8GeN2/c1-6-3-4-7(2)5-6/h3-4H,1-2H3. The van der Waals surface area contributed by atoms with Gasteiger partial charge in [-0.1, -0.05) is 0 Å². The molecule has 0 spiro atoms. The maximum absolute atomic E-state index is 2.25. The molecule has 1 aliphatic heterocycles. The van der Waals surface area contributed by atoms with Crippen LogP contribution in [-0.2, 0) is 0 Å². The van der Waals surface area contributed by atoms with Crippen molar-refractivity contribution in [3.8, 4) is 0 Å². The average Bonchev–Trinajstić information content (AvgIpc) is 1.87. The summed E-state index contributed by atoms with van der Waals surface area (Å²) in [5, 5.41) is 0. The van der Waals surface area contributed by atoms with Gasteiger partial charge in [0.15, 0.2) is 0 Å². The average molecular weight is 157 g/mol. The molecule has 1 heterocycles. The van der Waals surface area contributed by atoms with Gasteiger partial charge in [0.1, 0.15) is 0 Å². The van der Waals surface area contributed by atoms with Gasteiger partial charge in [0.05, 0.1) is 0 Å². The van der Waals surface area contributed by atoms with Crippen molar-refractivity contribution in [2.24, 2.45) is 0 Å². The molecule has 0 aromatic carbocycles. The van der Waals surface area contributed by atoms with Crippen LogP contribution in [0, 0.1) is 0 Å². The van der Waals surface area contributed by atoms with Gasteiger partial charge in [-0.2, -0.15) is 0 Å². The van der Waals surface area contributed by atoms with E-state index in [-0.39, 0.29) is 15.9 Å². The second kappa shape index (κ2) is 1.78. The fourth-order valence-corrected chi connectivity index (χ4v) is 2.12. The molecule has 0 N–H and O–H groups in total. The zero-order chi connectivity index (χ0) is 5.28. The summed E-state index contributed by atoms with van der Waals surface area (Å²) in [6.07, 6.45) is 4.22. The maximum atomic E-state index is 2.25. The van der Waals surface area contributed by atoms with Crippen LogP contribution in [0.15, 0.2) is 12.4 Å². The first-order valence-corrected chi connectivity index (χ1v) is 4.07. The quantitative estimate of drug-likeness (QED) is 0.451. The SMILES string of the molecule is C[N]1C=C[N](C)[Ge]1. The van der Waals surface area contributed by atoms with Crippen molar-refractivity contribution in [2.45, 2.75) is 0 Å². The van der Waals surface area contributed by atoms with Gasteiger partial charge in [-0.15, -0.1) is 0 Å². The van der Waals surface area contributed by atoms with Gasteiger partial charge in [-0.05, 0) is 0 Å². The fourth-order valence-electron chi connectivity index (χ4n) is 0.515. The van der Waals surface area contributed by atoms with Gasteiger partial charge < -0.3 is 0 Å². The van der Waals surface area contributed by atoms with E-state index in [1.807, 2.05) is 0 Å². The van der Waals surface area contributed by atoms with E-state index >= 15 is 0 Å². The van der Waals surface area contributed by atoms with Crippen molar-refractivity contribution in [3.63, 3.8) is 0 Å². The summed E-state index contributed by atoms with van der Waals surface area (Å²) in [7, 11) is 4.22. The molecule has 0 amide bonds.